The number of hydrazine groups is 1. The second kappa shape index (κ2) is 14.2. The first-order chi connectivity index (χ1) is 19.2. The SMILES string of the molecule is CC(C)[C@H](NC(=O)[C@H](CC(=O)O)NC(=O)c1cccc(N2C(=O)N[C@@H](CCCN=C(N)N[N+](=O)[O-])C2=O)c1)C(=O)O. The van der Waals surface area contributed by atoms with Gasteiger partial charge in [0.1, 0.15) is 18.1 Å². The van der Waals surface area contributed by atoms with Crippen molar-refractivity contribution in [1.29, 1.82) is 0 Å². The summed E-state index contributed by atoms with van der Waals surface area (Å²) < 4.78 is 0. The summed E-state index contributed by atoms with van der Waals surface area (Å²) in [5.41, 5.74) is 6.89. The van der Waals surface area contributed by atoms with Crippen molar-refractivity contribution in [2.24, 2.45) is 16.6 Å². The third-order valence-corrected chi connectivity index (χ3v) is 5.76. The Kier molecular flexibility index (Phi) is 11.1. The van der Waals surface area contributed by atoms with Crippen LogP contribution in [0, 0.1) is 16.0 Å². The summed E-state index contributed by atoms with van der Waals surface area (Å²) >= 11 is 0. The normalized spacial score (nSPS) is 16.5. The van der Waals surface area contributed by atoms with Gasteiger partial charge in [-0.15, -0.1) is 0 Å². The van der Waals surface area contributed by atoms with Crippen molar-refractivity contribution in [3.05, 3.63) is 39.9 Å². The lowest BCUT2D eigenvalue weighted by Crippen LogP contribution is -2.53. The number of amides is 5. The monoisotopic (exact) mass is 578 g/mol. The van der Waals surface area contributed by atoms with Crippen molar-refractivity contribution in [3.8, 4) is 0 Å². The Morgan fingerprint density at radius 2 is 1.88 bits per heavy atom. The number of carbonyl (C=O) groups excluding carboxylic acids is 4. The van der Waals surface area contributed by atoms with Crippen molar-refractivity contribution in [1.82, 2.24) is 21.4 Å². The number of urea groups is 1. The van der Waals surface area contributed by atoms with Crippen LogP contribution in [-0.4, -0.2) is 81.6 Å². The van der Waals surface area contributed by atoms with Crippen LogP contribution in [0.25, 0.3) is 0 Å². The van der Waals surface area contributed by atoms with Gasteiger partial charge in [0.15, 0.2) is 5.03 Å². The van der Waals surface area contributed by atoms with E-state index in [0.717, 1.165) is 4.90 Å². The Morgan fingerprint density at radius 3 is 2.46 bits per heavy atom. The fourth-order valence-corrected chi connectivity index (χ4v) is 3.77. The van der Waals surface area contributed by atoms with Gasteiger partial charge in [-0.25, -0.2) is 29.6 Å². The smallest absolute Gasteiger partial charge is 0.329 e. The molecule has 0 saturated carbocycles. The summed E-state index contributed by atoms with van der Waals surface area (Å²) in [6.07, 6.45) is -0.454. The second-order valence-corrected chi connectivity index (χ2v) is 9.20. The highest BCUT2D eigenvalue weighted by Crippen LogP contribution is 2.22. The van der Waals surface area contributed by atoms with Gasteiger partial charge in [0.25, 0.3) is 17.8 Å². The molecule has 1 heterocycles. The predicted octanol–water partition coefficient (Wildman–Crippen LogP) is -1.21. The minimum absolute atomic E-state index is 0.0186. The molecule has 0 unspecified atom stereocenters. The summed E-state index contributed by atoms with van der Waals surface area (Å²) in [6.45, 7) is 3.12. The molecule has 5 amide bonds. The van der Waals surface area contributed by atoms with Gasteiger partial charge in [-0.2, -0.15) is 0 Å². The average Bonchev–Trinajstić information content (AvgIpc) is 3.16. The van der Waals surface area contributed by atoms with E-state index >= 15 is 0 Å². The van der Waals surface area contributed by atoms with Crippen molar-refractivity contribution in [2.45, 2.75) is 51.2 Å². The lowest BCUT2D eigenvalue weighted by atomic mass is 10.0. The third kappa shape index (κ3) is 9.15. The van der Waals surface area contributed by atoms with E-state index < -0.39 is 77.1 Å². The molecule has 0 radical (unpaired) electrons. The lowest BCUT2D eigenvalue weighted by molar-refractivity contribution is -0.525. The van der Waals surface area contributed by atoms with Gasteiger partial charge in [0, 0.05) is 12.1 Å². The molecular formula is C23H30N8O10. The number of benzene rings is 1. The zero-order chi connectivity index (χ0) is 30.9. The van der Waals surface area contributed by atoms with Gasteiger partial charge < -0.3 is 31.9 Å². The molecule has 0 bridgehead atoms. The van der Waals surface area contributed by atoms with Crippen LogP contribution in [0.2, 0.25) is 0 Å². The Hall–Kier alpha value is -5.29. The molecule has 1 saturated heterocycles. The number of hydrogen-bond donors (Lipinski definition) is 7. The summed E-state index contributed by atoms with van der Waals surface area (Å²) in [5, 5.41) is 34.9. The molecule has 1 aromatic rings. The Bertz CT molecular complexity index is 1250. The number of anilines is 1. The zero-order valence-corrected chi connectivity index (χ0v) is 22.0. The van der Waals surface area contributed by atoms with Gasteiger partial charge in [-0.1, -0.05) is 25.3 Å². The Morgan fingerprint density at radius 1 is 1.20 bits per heavy atom. The Balaban J connectivity index is 2.12. The summed E-state index contributed by atoms with van der Waals surface area (Å²) in [6, 6.07) is 0.582. The van der Waals surface area contributed by atoms with Gasteiger partial charge >= 0.3 is 18.0 Å². The van der Waals surface area contributed by atoms with Crippen LogP contribution in [0.1, 0.15) is 43.5 Å². The number of nitrogens with one attached hydrogen (secondary N) is 4. The summed E-state index contributed by atoms with van der Waals surface area (Å²) in [4.78, 5) is 88.6. The molecule has 18 nitrogen and oxygen atoms in total. The summed E-state index contributed by atoms with van der Waals surface area (Å²) in [5.74, 6) is -6.27. The van der Waals surface area contributed by atoms with E-state index in [0.29, 0.717) is 0 Å². The van der Waals surface area contributed by atoms with Crippen LogP contribution >= 0.6 is 0 Å². The molecule has 0 aliphatic carbocycles. The van der Waals surface area contributed by atoms with Crippen LogP contribution in [0.4, 0.5) is 10.5 Å². The molecular weight excluding hydrogens is 548 g/mol. The highest BCUT2D eigenvalue weighted by molar-refractivity contribution is 6.21. The van der Waals surface area contributed by atoms with Crippen molar-refractivity contribution >= 4 is 47.3 Å². The number of aliphatic imine (C=N–C) groups is 1. The number of guanidine groups is 1. The first-order valence-corrected chi connectivity index (χ1v) is 12.2. The first kappa shape index (κ1) is 31.9. The maximum Gasteiger partial charge on any atom is 0.329 e. The number of nitrogens with zero attached hydrogens (tertiary/aromatic N) is 3. The molecule has 2 rings (SSSR count). The first-order valence-electron chi connectivity index (χ1n) is 12.2. The van der Waals surface area contributed by atoms with E-state index in [-0.39, 0.29) is 30.6 Å². The number of nitrogens with two attached hydrogens (primary N) is 1. The van der Waals surface area contributed by atoms with Gasteiger partial charge in [0.2, 0.25) is 5.91 Å². The molecule has 1 fully saturated rings. The van der Waals surface area contributed by atoms with E-state index in [9.17, 15) is 49.1 Å². The molecule has 1 aromatic carbocycles. The topological polar surface area (TPSA) is 276 Å². The molecule has 18 heteroatoms. The minimum atomic E-state index is -1.62. The van der Waals surface area contributed by atoms with Crippen LogP contribution in [-0.2, 0) is 19.2 Å². The molecule has 222 valence electrons. The highest BCUT2D eigenvalue weighted by Gasteiger charge is 2.39. The number of carboxylic acids is 2. The number of imide groups is 1. The molecule has 1 aliphatic rings. The van der Waals surface area contributed by atoms with E-state index in [2.05, 4.69) is 20.9 Å². The van der Waals surface area contributed by atoms with Gasteiger partial charge in [-0.3, -0.25) is 19.2 Å². The fraction of sp³-hybridized carbons (Fsp3) is 0.435. The number of carboxylic acid groups (broad SMARTS) is 2. The van der Waals surface area contributed by atoms with Crippen LogP contribution in [0.3, 0.4) is 0 Å². The van der Waals surface area contributed by atoms with Crippen LogP contribution < -0.4 is 32.0 Å². The standard InChI is InChI=1S/C23H30N8O10/c1-11(2)17(21(37)38)28-19(35)15(10-16(32)33)26-18(34)12-5-3-6-13(9-12)30-20(36)14(27-23(30)39)7-4-8-25-22(24)29-31(40)41/h3,5-6,9,11,14-15,17H,4,7-8,10H2,1-2H3,(H,26,34)(H,27,39)(H,28,35)(H,32,33)(H,37,38)(H3,24,25,29)/t14-,15-,17-/m0/s1. The summed E-state index contributed by atoms with van der Waals surface area (Å²) in [7, 11) is 0. The predicted molar refractivity (Wildman–Crippen MR) is 140 cm³/mol. The zero-order valence-electron chi connectivity index (χ0n) is 22.0. The van der Waals surface area contributed by atoms with Crippen molar-refractivity contribution in [2.75, 3.05) is 11.4 Å². The third-order valence-electron chi connectivity index (χ3n) is 5.76. The fourth-order valence-electron chi connectivity index (χ4n) is 3.77. The van der Waals surface area contributed by atoms with Crippen molar-refractivity contribution < 1.29 is 44.0 Å². The quantitative estimate of drug-likeness (QED) is 0.0342. The molecule has 3 atom stereocenters. The molecule has 0 spiro atoms. The number of nitro groups is 1. The van der Waals surface area contributed by atoms with E-state index in [1.807, 2.05) is 0 Å². The van der Waals surface area contributed by atoms with E-state index in [1.54, 1.807) is 5.43 Å². The van der Waals surface area contributed by atoms with Gasteiger partial charge in [0.05, 0.1) is 12.1 Å². The number of rotatable bonds is 14. The maximum atomic E-state index is 12.9. The molecule has 0 aromatic heterocycles. The molecule has 1 aliphatic heterocycles. The number of aliphatic carboxylic acids is 2. The van der Waals surface area contributed by atoms with E-state index in [4.69, 9.17) is 5.73 Å². The Labute approximate surface area is 232 Å². The van der Waals surface area contributed by atoms with Gasteiger partial charge in [-0.05, 0) is 37.0 Å². The molecule has 8 N–H and O–H groups in total. The largest absolute Gasteiger partial charge is 0.481 e. The second-order valence-electron chi connectivity index (χ2n) is 9.20. The maximum absolute atomic E-state index is 12.9. The van der Waals surface area contributed by atoms with Crippen LogP contribution in [0.15, 0.2) is 29.3 Å². The lowest BCUT2D eigenvalue weighted by Gasteiger charge is -2.22. The average molecular weight is 579 g/mol. The minimum Gasteiger partial charge on any atom is -0.481 e. The number of hydrogen-bond acceptors (Lipinski definition) is 9. The van der Waals surface area contributed by atoms with Crippen molar-refractivity contribution in [3.63, 3.8) is 0 Å². The van der Waals surface area contributed by atoms with Crippen LogP contribution in [0.5, 0.6) is 0 Å². The number of carbonyl (C=O) groups is 6. The van der Waals surface area contributed by atoms with E-state index in [1.165, 1.54) is 38.1 Å². The molecule has 41 heavy (non-hydrogen) atoms. The highest BCUT2D eigenvalue weighted by atomic mass is 16.7.